The topological polar surface area (TPSA) is 188 Å². The number of amides is 4. The first kappa shape index (κ1) is 40.3. The highest BCUT2D eigenvalue weighted by atomic mass is 16.5. The summed E-state index contributed by atoms with van der Waals surface area (Å²) >= 11 is 0. The van der Waals surface area contributed by atoms with Crippen LogP contribution in [0.15, 0.2) is 66.9 Å². The van der Waals surface area contributed by atoms with Gasteiger partial charge in [-0.1, -0.05) is 52.0 Å². The number of pyridine rings is 1. The first-order chi connectivity index (χ1) is 28.9. The predicted octanol–water partition coefficient (Wildman–Crippen LogP) is 7.41. The highest BCUT2D eigenvalue weighted by Gasteiger charge is 2.39. The number of rotatable bonds is 10. The summed E-state index contributed by atoms with van der Waals surface area (Å²) in [4.78, 5) is 76.6. The van der Waals surface area contributed by atoms with Crippen molar-refractivity contribution < 1.29 is 28.7 Å². The fourth-order valence-corrected chi connectivity index (χ4v) is 8.58. The van der Waals surface area contributed by atoms with Crippen LogP contribution in [0.1, 0.15) is 77.1 Å². The molecular weight excluding hydrogens is 763 g/mol. The second-order valence-corrected chi connectivity index (χ2v) is 16.4. The lowest BCUT2D eigenvalue weighted by Crippen LogP contribution is -2.51. The van der Waals surface area contributed by atoms with Crippen LogP contribution in [0, 0.1) is 11.8 Å². The summed E-state index contributed by atoms with van der Waals surface area (Å²) in [5.74, 6) is 0.935. The summed E-state index contributed by atoms with van der Waals surface area (Å²) < 4.78 is 9.56. The number of nitrogens with one attached hydrogen (secondary N) is 4. The lowest BCUT2D eigenvalue weighted by atomic mass is 10.0. The second-order valence-electron chi connectivity index (χ2n) is 16.4. The van der Waals surface area contributed by atoms with Crippen LogP contribution in [0.5, 0.6) is 0 Å². The molecule has 2 saturated heterocycles. The van der Waals surface area contributed by atoms with E-state index in [4.69, 9.17) is 24.4 Å². The van der Waals surface area contributed by atoms with Crippen molar-refractivity contribution in [1.29, 1.82) is 0 Å². The maximum Gasteiger partial charge on any atom is 0.407 e. The molecule has 6 aromatic rings. The molecule has 3 aromatic heterocycles. The maximum atomic E-state index is 13.7. The molecule has 0 saturated carbocycles. The van der Waals surface area contributed by atoms with Crippen LogP contribution in [0.25, 0.3) is 55.2 Å². The fraction of sp³-hybridized carbons (Fsp3) is 0.400. The molecule has 312 valence electrons. The molecule has 15 nitrogen and oxygen atoms in total. The molecule has 3 aromatic carbocycles. The average molecular weight is 814 g/mol. The number of H-pyrrole nitrogens is 2. The normalized spacial score (nSPS) is 17.8. The number of aromatic amines is 2. The van der Waals surface area contributed by atoms with E-state index in [9.17, 15) is 19.2 Å². The molecular formula is C45H51N9O6. The zero-order valence-corrected chi connectivity index (χ0v) is 34.7. The second kappa shape index (κ2) is 16.6. The molecule has 0 radical (unpaired) electrons. The smallest absolute Gasteiger partial charge is 0.407 e. The molecule has 2 aliphatic rings. The lowest BCUT2D eigenvalue weighted by Gasteiger charge is -2.29. The molecule has 5 heterocycles. The van der Waals surface area contributed by atoms with Gasteiger partial charge >= 0.3 is 12.2 Å². The van der Waals surface area contributed by atoms with Crippen LogP contribution in [-0.2, 0) is 19.1 Å². The van der Waals surface area contributed by atoms with Crippen LogP contribution >= 0.6 is 0 Å². The van der Waals surface area contributed by atoms with Crippen molar-refractivity contribution in [3.8, 4) is 22.4 Å². The van der Waals surface area contributed by atoms with Crippen molar-refractivity contribution in [3.05, 3.63) is 78.5 Å². The largest absolute Gasteiger partial charge is 0.453 e. The van der Waals surface area contributed by atoms with Crippen molar-refractivity contribution in [3.63, 3.8) is 0 Å². The van der Waals surface area contributed by atoms with Gasteiger partial charge in [0, 0.05) is 30.2 Å². The molecule has 4 amide bonds. The molecule has 0 unspecified atom stereocenters. The Labute approximate surface area is 347 Å². The number of aromatic nitrogens is 5. The van der Waals surface area contributed by atoms with Crippen molar-refractivity contribution in [1.82, 2.24) is 45.4 Å². The molecule has 0 aliphatic carbocycles. The standard InChI is InChI=1S/C45H51N9O6/c1-24(2)38(51-44(57)59-5)42(55)53-17-7-9-36(53)40-47-31-15-13-27(21-34(31)49-40)26-11-12-28-20-33(46-23-30(28)19-26)29-14-16-32-35(22-29)50-41(48-32)37-10-8-18-54(37)43(56)39(25(3)4)52-45(58)60-6/h11-16,19-25,36-39H,7-10,17-18H2,1-6H3,(H,47,49)(H,48,50)(H,51,57)(H,52,58)/t36-,37-,38-,39-/m0/s1. The summed E-state index contributed by atoms with van der Waals surface area (Å²) in [6.45, 7) is 8.78. The first-order valence-corrected chi connectivity index (χ1v) is 20.6. The predicted molar refractivity (Wildman–Crippen MR) is 228 cm³/mol. The number of imidazole rings is 2. The quantitative estimate of drug-likeness (QED) is 0.109. The van der Waals surface area contributed by atoms with E-state index in [0.29, 0.717) is 13.1 Å². The molecule has 0 bridgehead atoms. The molecule has 0 spiro atoms. The summed E-state index contributed by atoms with van der Waals surface area (Å²) in [6.07, 6.45) is 3.86. The Morgan fingerprint density at radius 1 is 0.650 bits per heavy atom. The van der Waals surface area contributed by atoms with E-state index < -0.39 is 24.3 Å². The van der Waals surface area contributed by atoms with Crippen LogP contribution in [0.4, 0.5) is 9.59 Å². The summed E-state index contributed by atoms with van der Waals surface area (Å²) in [5.41, 5.74) is 7.17. The van der Waals surface area contributed by atoms with E-state index in [2.05, 4.69) is 57.0 Å². The highest BCUT2D eigenvalue weighted by Crippen LogP contribution is 2.36. The number of nitrogens with zero attached hydrogens (tertiary/aromatic N) is 5. The third kappa shape index (κ3) is 7.83. The third-order valence-corrected chi connectivity index (χ3v) is 11.8. The molecule has 4 N–H and O–H groups in total. The number of methoxy groups -OCH3 is 2. The molecule has 2 aliphatic heterocycles. The van der Waals surface area contributed by atoms with Gasteiger partial charge < -0.3 is 39.9 Å². The van der Waals surface area contributed by atoms with Crippen LogP contribution < -0.4 is 10.6 Å². The van der Waals surface area contributed by atoms with Gasteiger partial charge in [-0.3, -0.25) is 14.6 Å². The Morgan fingerprint density at radius 3 is 1.65 bits per heavy atom. The highest BCUT2D eigenvalue weighted by molar-refractivity contribution is 5.92. The fourth-order valence-electron chi connectivity index (χ4n) is 8.58. The minimum Gasteiger partial charge on any atom is -0.453 e. The minimum atomic E-state index is -0.700. The third-order valence-electron chi connectivity index (χ3n) is 11.8. The van der Waals surface area contributed by atoms with Gasteiger partial charge in [-0.05, 0) is 90.4 Å². The van der Waals surface area contributed by atoms with Gasteiger partial charge in [-0.2, -0.15) is 0 Å². The molecule has 60 heavy (non-hydrogen) atoms. The number of benzene rings is 3. The number of alkyl carbamates (subject to hydrolysis) is 2. The summed E-state index contributed by atoms with van der Waals surface area (Å²) in [5, 5.41) is 7.46. The van der Waals surface area contributed by atoms with E-state index >= 15 is 0 Å². The number of likely N-dealkylation sites (tertiary alicyclic amines) is 2. The molecule has 2 fully saturated rings. The van der Waals surface area contributed by atoms with Crippen molar-refractivity contribution in [2.75, 3.05) is 27.3 Å². The number of carbonyl (C=O) groups excluding carboxylic acids is 4. The number of hydrogen-bond donors (Lipinski definition) is 4. The zero-order valence-electron chi connectivity index (χ0n) is 34.7. The van der Waals surface area contributed by atoms with E-state index in [0.717, 1.165) is 92.6 Å². The monoisotopic (exact) mass is 813 g/mol. The zero-order chi connectivity index (χ0) is 42.2. The Morgan fingerprint density at radius 2 is 1.13 bits per heavy atom. The number of fused-ring (bicyclic) bond motifs is 3. The number of carbonyl (C=O) groups is 4. The van der Waals surface area contributed by atoms with Crippen molar-refractivity contribution in [2.45, 2.75) is 77.5 Å². The van der Waals surface area contributed by atoms with E-state index in [-0.39, 0.29) is 35.7 Å². The van der Waals surface area contributed by atoms with Gasteiger partial charge in [0.1, 0.15) is 23.7 Å². The van der Waals surface area contributed by atoms with Gasteiger partial charge in [0.2, 0.25) is 11.8 Å². The van der Waals surface area contributed by atoms with Gasteiger partial charge in [-0.25, -0.2) is 19.6 Å². The Kier molecular flexibility index (Phi) is 11.2. The molecule has 15 heteroatoms. The van der Waals surface area contributed by atoms with E-state index in [1.54, 1.807) is 0 Å². The molecule has 4 atom stereocenters. The summed E-state index contributed by atoms with van der Waals surface area (Å²) in [6, 6.07) is 18.7. The number of hydrogen-bond acceptors (Lipinski definition) is 9. The van der Waals surface area contributed by atoms with Gasteiger partial charge in [0.25, 0.3) is 0 Å². The van der Waals surface area contributed by atoms with Gasteiger partial charge in [0.05, 0.1) is 54.1 Å². The van der Waals surface area contributed by atoms with Gasteiger partial charge in [-0.15, -0.1) is 0 Å². The van der Waals surface area contributed by atoms with Crippen LogP contribution in [0.3, 0.4) is 0 Å². The summed E-state index contributed by atoms with van der Waals surface area (Å²) in [7, 11) is 2.58. The van der Waals surface area contributed by atoms with Crippen LogP contribution in [0.2, 0.25) is 0 Å². The van der Waals surface area contributed by atoms with E-state index in [1.165, 1.54) is 14.2 Å². The lowest BCUT2D eigenvalue weighted by molar-refractivity contribution is -0.136. The minimum absolute atomic E-state index is 0.113. The van der Waals surface area contributed by atoms with Gasteiger partial charge in [0.15, 0.2) is 0 Å². The first-order valence-electron chi connectivity index (χ1n) is 20.6. The Bertz CT molecular complexity index is 2420. The molecule has 8 rings (SSSR count). The Hall–Kier alpha value is -6.51. The maximum absolute atomic E-state index is 13.7. The van der Waals surface area contributed by atoms with Crippen molar-refractivity contribution in [2.24, 2.45) is 11.8 Å². The van der Waals surface area contributed by atoms with Crippen LogP contribution in [-0.4, -0.2) is 98.1 Å². The average Bonchev–Trinajstić information content (AvgIpc) is 4.08. The van der Waals surface area contributed by atoms with Crippen molar-refractivity contribution >= 4 is 56.8 Å². The SMILES string of the molecule is COC(=O)N[C@H](C(=O)N1CCC[C@H]1c1nc2ccc(-c3ccc4cc(-c5ccc6nc([C@@H]7CCCN7C(=O)[C@@H](NC(=O)OC)C(C)C)[nH]c6c5)ncc4c3)cc2[nH]1)C(C)C. The Balaban J connectivity index is 0.993. The van der Waals surface area contributed by atoms with E-state index in [1.807, 2.05) is 68.0 Å². The number of ether oxygens (including phenoxy) is 2.